The van der Waals surface area contributed by atoms with E-state index in [2.05, 4.69) is 15.6 Å². The molecule has 1 aliphatic rings. The molecule has 2 unspecified atom stereocenters. The van der Waals surface area contributed by atoms with Gasteiger partial charge in [0, 0.05) is 25.7 Å². The van der Waals surface area contributed by atoms with Gasteiger partial charge in [0.2, 0.25) is 11.8 Å². The van der Waals surface area contributed by atoms with E-state index in [0.29, 0.717) is 32.4 Å². The number of nitrogens with zero attached hydrogens (tertiary/aromatic N) is 3. The number of Topliss-reactive ketones (excluding diaryl/α,β-unsaturated/α-hetero) is 1. The van der Waals surface area contributed by atoms with Crippen molar-refractivity contribution in [1.82, 2.24) is 19.8 Å². The van der Waals surface area contributed by atoms with Crippen LogP contribution in [0.1, 0.15) is 69.2 Å². The summed E-state index contributed by atoms with van der Waals surface area (Å²) < 4.78 is 7.49. The number of carbonyl (C=O) groups excluding carboxylic acids is 4. The van der Waals surface area contributed by atoms with Gasteiger partial charge in [0.15, 0.2) is 5.82 Å². The van der Waals surface area contributed by atoms with Crippen molar-refractivity contribution in [3.05, 3.63) is 120 Å². The quantitative estimate of drug-likeness (QED) is 0.162. The zero-order valence-corrected chi connectivity index (χ0v) is 29.6. The summed E-state index contributed by atoms with van der Waals surface area (Å²) in [5.41, 5.74) is 6.83. The van der Waals surface area contributed by atoms with Crippen LogP contribution in [0.25, 0.3) is 0 Å². The number of imidazole rings is 1. The van der Waals surface area contributed by atoms with Crippen LogP contribution in [0.2, 0.25) is 0 Å². The molecular weight excluding hydrogens is 644 g/mol. The van der Waals surface area contributed by atoms with Gasteiger partial charge in [-0.3, -0.25) is 19.2 Å². The number of carbonyl (C=O) groups is 4. The van der Waals surface area contributed by atoms with E-state index < -0.39 is 34.9 Å². The molecule has 1 aliphatic heterocycles. The highest BCUT2D eigenvalue weighted by Gasteiger charge is 2.43. The number of likely N-dealkylation sites (tertiary alicyclic amines) is 1. The van der Waals surface area contributed by atoms with Crippen molar-refractivity contribution >= 4 is 29.3 Å². The van der Waals surface area contributed by atoms with Gasteiger partial charge in [-0.1, -0.05) is 97.9 Å². The van der Waals surface area contributed by atoms with Crippen LogP contribution in [0.3, 0.4) is 0 Å². The van der Waals surface area contributed by atoms with Gasteiger partial charge >= 0.3 is 0 Å². The first-order chi connectivity index (χ1) is 24.5. The first kappa shape index (κ1) is 37.1. The molecule has 268 valence electrons. The summed E-state index contributed by atoms with van der Waals surface area (Å²) in [4.78, 5) is 60.5. The molecule has 1 aromatic heterocycles. The normalized spacial score (nSPS) is 15.4. The minimum absolute atomic E-state index is 0.103. The molecule has 4 aromatic rings. The zero-order valence-electron chi connectivity index (χ0n) is 29.6. The van der Waals surface area contributed by atoms with Crippen molar-refractivity contribution in [2.24, 2.45) is 5.73 Å². The molecule has 11 heteroatoms. The molecule has 0 aliphatic carbocycles. The molecule has 11 nitrogen and oxygen atoms in total. The predicted molar refractivity (Wildman–Crippen MR) is 196 cm³/mol. The lowest BCUT2D eigenvalue weighted by atomic mass is 9.68. The second kappa shape index (κ2) is 16.7. The summed E-state index contributed by atoms with van der Waals surface area (Å²) >= 11 is 0. The molecule has 1 saturated heterocycles. The third-order valence-electron chi connectivity index (χ3n) is 9.37. The first-order valence-corrected chi connectivity index (χ1v) is 17.5. The minimum atomic E-state index is -1.22. The van der Waals surface area contributed by atoms with Crippen LogP contribution in [-0.2, 0) is 35.9 Å². The number of nitrogens with one attached hydrogen (secondary N) is 2. The highest BCUT2D eigenvalue weighted by Crippen LogP contribution is 2.39. The average Bonchev–Trinajstić information content (AvgIpc) is 3.59. The van der Waals surface area contributed by atoms with Crippen LogP contribution in [0.15, 0.2) is 104 Å². The van der Waals surface area contributed by atoms with Crippen LogP contribution in [0.4, 0.5) is 5.82 Å². The summed E-state index contributed by atoms with van der Waals surface area (Å²) in [6.07, 6.45) is 5.45. The maximum Gasteiger partial charge on any atom is 0.250 e. The maximum absolute atomic E-state index is 14.4. The molecule has 0 radical (unpaired) electrons. The van der Waals surface area contributed by atoms with Crippen LogP contribution < -0.4 is 16.4 Å². The van der Waals surface area contributed by atoms with Crippen LogP contribution >= 0.6 is 0 Å². The third kappa shape index (κ3) is 9.16. The Hall–Kier alpha value is -5.13. The molecule has 2 atom stereocenters. The maximum atomic E-state index is 14.4. The highest BCUT2D eigenvalue weighted by atomic mass is 16.5. The average molecular weight is 693 g/mol. The summed E-state index contributed by atoms with van der Waals surface area (Å²) in [5, 5.41) is 5.47. The molecule has 1 fully saturated rings. The number of anilines is 1. The molecule has 0 spiro atoms. The molecule has 0 bridgehead atoms. The highest BCUT2D eigenvalue weighted by molar-refractivity contribution is 5.98. The Morgan fingerprint density at radius 3 is 2.14 bits per heavy atom. The predicted octanol–water partition coefficient (Wildman–Crippen LogP) is 4.78. The zero-order chi connectivity index (χ0) is 36.4. The van der Waals surface area contributed by atoms with Gasteiger partial charge in [-0.2, -0.15) is 0 Å². The summed E-state index contributed by atoms with van der Waals surface area (Å²) in [5.74, 6) is -0.771. The van der Waals surface area contributed by atoms with Crippen molar-refractivity contribution in [3.8, 4) is 0 Å². The van der Waals surface area contributed by atoms with E-state index in [1.165, 1.54) is 6.33 Å². The molecule has 0 saturated carbocycles. The third-order valence-corrected chi connectivity index (χ3v) is 9.37. The lowest BCUT2D eigenvalue weighted by Gasteiger charge is -2.42. The fourth-order valence-corrected chi connectivity index (χ4v) is 6.46. The standard InChI is InChI=1S/C40H48N6O5/c1-4-14-33(47)40(31-19-12-7-13-20-31)21-23-45(24-22-40)37(49)35(30-17-10-6-11-18-30)46-25-34(42-28-46)44-36(48)32(43-38(50)39(2,3)41)27-51-26-29-15-8-5-9-16-29/h5-13,15-20,25,28,32,35H,4,14,21-24,26-27,41H2,1-3H3,(H,43,50)(H,44,48). The van der Waals surface area contributed by atoms with Gasteiger partial charge in [-0.25, -0.2) is 4.98 Å². The molecule has 5 rings (SSSR count). The van der Waals surface area contributed by atoms with E-state index >= 15 is 0 Å². The molecule has 3 amide bonds. The SMILES string of the molecule is CCCC(=O)C1(c2ccccc2)CCN(C(=O)C(c2ccccc2)n2cnc(NC(=O)C(COCc3ccccc3)NC(=O)C(C)(C)N)c2)CC1. The second-order valence-corrected chi connectivity index (χ2v) is 13.7. The second-order valence-electron chi connectivity index (χ2n) is 13.7. The number of piperidine rings is 1. The van der Waals surface area contributed by atoms with Gasteiger partial charge in [0.05, 0.1) is 30.5 Å². The lowest BCUT2D eigenvalue weighted by molar-refractivity contribution is -0.138. The number of nitrogens with two attached hydrogens (primary N) is 1. The van der Waals surface area contributed by atoms with Crippen LogP contribution in [0, 0.1) is 0 Å². The Balaban J connectivity index is 1.33. The van der Waals surface area contributed by atoms with Gasteiger partial charge in [0.1, 0.15) is 17.9 Å². The van der Waals surface area contributed by atoms with Crippen molar-refractivity contribution in [2.75, 3.05) is 25.0 Å². The minimum Gasteiger partial charge on any atom is -0.374 e. The van der Waals surface area contributed by atoms with E-state index in [4.69, 9.17) is 10.5 Å². The Morgan fingerprint density at radius 1 is 0.922 bits per heavy atom. The Morgan fingerprint density at radius 2 is 1.53 bits per heavy atom. The fourth-order valence-electron chi connectivity index (χ4n) is 6.46. The molecule has 3 aromatic carbocycles. The van der Waals surface area contributed by atoms with E-state index in [9.17, 15) is 19.2 Å². The Bertz CT molecular complexity index is 1760. The summed E-state index contributed by atoms with van der Waals surface area (Å²) in [7, 11) is 0. The molecular formula is C40H48N6O5. The summed E-state index contributed by atoms with van der Waals surface area (Å²) in [6.45, 7) is 6.11. The van der Waals surface area contributed by atoms with Crippen LogP contribution in [0.5, 0.6) is 0 Å². The number of hydrogen-bond acceptors (Lipinski definition) is 7. The molecule has 4 N–H and O–H groups in total. The van der Waals surface area contributed by atoms with Crippen molar-refractivity contribution in [2.45, 2.75) is 76.1 Å². The molecule has 2 heterocycles. The number of hydrogen-bond donors (Lipinski definition) is 3. The smallest absolute Gasteiger partial charge is 0.250 e. The van der Waals surface area contributed by atoms with Gasteiger partial charge in [0.25, 0.3) is 5.91 Å². The monoisotopic (exact) mass is 692 g/mol. The lowest BCUT2D eigenvalue weighted by Crippen LogP contribution is -2.56. The number of amides is 3. The van der Waals surface area contributed by atoms with E-state index in [1.54, 1.807) is 24.6 Å². The summed E-state index contributed by atoms with van der Waals surface area (Å²) in [6, 6.07) is 27.0. The number of ether oxygens (including phenoxy) is 1. The van der Waals surface area contributed by atoms with Crippen molar-refractivity contribution in [3.63, 3.8) is 0 Å². The number of ketones is 1. The van der Waals surface area contributed by atoms with Gasteiger partial charge < -0.3 is 30.6 Å². The van der Waals surface area contributed by atoms with Crippen LogP contribution in [-0.4, -0.2) is 69.2 Å². The van der Waals surface area contributed by atoms with E-state index in [1.807, 2.05) is 103 Å². The van der Waals surface area contributed by atoms with Crippen molar-refractivity contribution < 1.29 is 23.9 Å². The van der Waals surface area contributed by atoms with Gasteiger partial charge in [-0.15, -0.1) is 0 Å². The molecule has 51 heavy (non-hydrogen) atoms. The Labute approximate surface area is 299 Å². The Kier molecular flexibility index (Phi) is 12.2. The van der Waals surface area contributed by atoms with Gasteiger partial charge in [-0.05, 0) is 49.8 Å². The topological polar surface area (TPSA) is 149 Å². The number of aromatic nitrogens is 2. The number of benzene rings is 3. The van der Waals surface area contributed by atoms with E-state index in [0.717, 1.165) is 23.1 Å². The van der Waals surface area contributed by atoms with Crippen molar-refractivity contribution in [1.29, 1.82) is 0 Å². The first-order valence-electron chi connectivity index (χ1n) is 17.5. The largest absolute Gasteiger partial charge is 0.374 e. The fraction of sp³-hybridized carbons (Fsp3) is 0.375. The number of rotatable bonds is 15. The van der Waals surface area contributed by atoms with E-state index in [-0.39, 0.29) is 30.7 Å².